The van der Waals surface area contributed by atoms with E-state index in [-0.39, 0.29) is 5.78 Å². The molecule has 0 bridgehead atoms. The number of rotatable bonds is 2. The van der Waals surface area contributed by atoms with Gasteiger partial charge in [-0.15, -0.1) is 0 Å². The molecular weight excluding hydrogens is 314 g/mol. The van der Waals surface area contributed by atoms with E-state index in [0.29, 0.717) is 26.3 Å². The van der Waals surface area contributed by atoms with Gasteiger partial charge in [0.2, 0.25) is 0 Å². The number of aryl methyl sites for hydroxylation is 1. The minimum absolute atomic E-state index is 0.0540. The van der Waals surface area contributed by atoms with Crippen molar-refractivity contribution in [2.24, 2.45) is 0 Å². The maximum absolute atomic E-state index is 12.3. The molecule has 4 heteroatoms. The molecule has 0 aliphatic carbocycles. The van der Waals surface area contributed by atoms with Crippen molar-refractivity contribution in [3.8, 4) is 0 Å². The van der Waals surface area contributed by atoms with E-state index in [1.807, 2.05) is 6.92 Å². The lowest BCUT2D eigenvalue weighted by molar-refractivity contribution is 0.103. The molecule has 0 spiro atoms. The van der Waals surface area contributed by atoms with E-state index in [2.05, 4.69) is 15.9 Å². The fourth-order valence-corrected chi connectivity index (χ4v) is 2.35. The minimum atomic E-state index is -0.0540. The Hall–Kier alpha value is -1.32. The van der Waals surface area contributed by atoms with Gasteiger partial charge in [0.15, 0.2) is 5.78 Å². The largest absolute Gasteiger partial charge is 0.399 e. The lowest BCUT2D eigenvalue weighted by Gasteiger charge is -2.06. The van der Waals surface area contributed by atoms with Gasteiger partial charge in [-0.05, 0) is 64.8 Å². The zero-order valence-corrected chi connectivity index (χ0v) is 12.0. The van der Waals surface area contributed by atoms with Crippen molar-refractivity contribution in [2.45, 2.75) is 6.92 Å². The summed E-state index contributed by atoms with van der Waals surface area (Å²) in [5.41, 5.74) is 8.35. The van der Waals surface area contributed by atoms with Crippen LogP contribution in [0.1, 0.15) is 21.5 Å². The predicted octanol–water partition coefficient (Wildman–Crippen LogP) is 4.22. The molecule has 0 saturated heterocycles. The second-order valence-corrected chi connectivity index (χ2v) is 5.29. The van der Waals surface area contributed by atoms with Gasteiger partial charge in [0.25, 0.3) is 0 Å². The zero-order chi connectivity index (χ0) is 13.3. The van der Waals surface area contributed by atoms with Crippen molar-refractivity contribution >= 4 is 39.0 Å². The molecule has 0 unspecified atom stereocenters. The molecule has 0 aliphatic rings. The Morgan fingerprint density at radius 2 is 1.94 bits per heavy atom. The fraction of sp³-hybridized carbons (Fsp3) is 0.0714. The molecule has 0 amide bonds. The number of anilines is 1. The monoisotopic (exact) mass is 323 g/mol. The third-order valence-electron chi connectivity index (χ3n) is 2.66. The highest BCUT2D eigenvalue weighted by molar-refractivity contribution is 9.10. The van der Waals surface area contributed by atoms with Crippen LogP contribution < -0.4 is 5.73 Å². The molecule has 18 heavy (non-hydrogen) atoms. The number of hydrogen-bond donors (Lipinski definition) is 1. The molecule has 2 nitrogen and oxygen atoms in total. The third kappa shape index (κ3) is 2.57. The molecule has 0 atom stereocenters. The highest BCUT2D eigenvalue weighted by atomic mass is 79.9. The van der Waals surface area contributed by atoms with Gasteiger partial charge in [-0.25, -0.2) is 0 Å². The fourth-order valence-electron chi connectivity index (χ4n) is 1.66. The van der Waals surface area contributed by atoms with E-state index >= 15 is 0 Å². The third-order valence-corrected chi connectivity index (χ3v) is 3.74. The molecule has 0 aliphatic heterocycles. The van der Waals surface area contributed by atoms with Gasteiger partial charge in [-0.3, -0.25) is 4.79 Å². The van der Waals surface area contributed by atoms with Crippen LogP contribution in [-0.2, 0) is 0 Å². The molecule has 92 valence electrons. The number of benzene rings is 2. The Balaban J connectivity index is 2.44. The SMILES string of the molecule is Cc1cc(C(=O)c2ccc(N)cc2Br)ccc1Cl. The zero-order valence-electron chi connectivity index (χ0n) is 9.71. The maximum Gasteiger partial charge on any atom is 0.194 e. The number of nitrogen functional groups attached to an aromatic ring is 1. The molecule has 0 fully saturated rings. The first-order valence-electron chi connectivity index (χ1n) is 5.35. The van der Waals surface area contributed by atoms with Crippen LogP contribution in [-0.4, -0.2) is 5.78 Å². The molecule has 2 aromatic carbocycles. The van der Waals surface area contributed by atoms with Crippen molar-refractivity contribution in [3.63, 3.8) is 0 Å². The Morgan fingerprint density at radius 3 is 2.56 bits per heavy atom. The Bertz CT molecular complexity index is 625. The first kappa shape index (κ1) is 13.1. The van der Waals surface area contributed by atoms with Gasteiger partial charge in [0.1, 0.15) is 0 Å². The summed E-state index contributed by atoms with van der Waals surface area (Å²) >= 11 is 9.30. The molecular formula is C14H11BrClNO. The lowest BCUT2D eigenvalue weighted by Crippen LogP contribution is -2.03. The predicted molar refractivity (Wildman–Crippen MR) is 78.2 cm³/mol. The molecule has 2 aromatic rings. The van der Waals surface area contributed by atoms with Gasteiger partial charge >= 0.3 is 0 Å². The minimum Gasteiger partial charge on any atom is -0.399 e. The summed E-state index contributed by atoms with van der Waals surface area (Å²) in [6.45, 7) is 1.87. The van der Waals surface area contributed by atoms with Crippen molar-refractivity contribution in [1.29, 1.82) is 0 Å². The molecule has 2 N–H and O–H groups in total. The first-order valence-corrected chi connectivity index (χ1v) is 6.52. The first-order chi connectivity index (χ1) is 8.49. The van der Waals surface area contributed by atoms with E-state index in [1.54, 1.807) is 36.4 Å². The Labute approximate surface area is 119 Å². The van der Waals surface area contributed by atoms with E-state index in [4.69, 9.17) is 17.3 Å². The number of nitrogens with two attached hydrogens (primary N) is 1. The standard InChI is InChI=1S/C14H11BrClNO/c1-8-6-9(2-5-13(8)16)14(18)11-4-3-10(17)7-12(11)15/h2-7H,17H2,1H3. The number of carbonyl (C=O) groups is 1. The number of carbonyl (C=O) groups excluding carboxylic acids is 1. The molecule has 0 saturated carbocycles. The average molecular weight is 325 g/mol. The molecule has 0 aromatic heterocycles. The average Bonchev–Trinajstić information content (AvgIpc) is 2.32. The van der Waals surface area contributed by atoms with Crippen LogP contribution in [0.4, 0.5) is 5.69 Å². The topological polar surface area (TPSA) is 43.1 Å². The molecule has 0 radical (unpaired) electrons. The Morgan fingerprint density at radius 1 is 1.22 bits per heavy atom. The van der Waals surface area contributed by atoms with E-state index in [0.717, 1.165) is 5.56 Å². The van der Waals surface area contributed by atoms with Gasteiger partial charge < -0.3 is 5.73 Å². The van der Waals surface area contributed by atoms with Crippen molar-refractivity contribution < 1.29 is 4.79 Å². The van der Waals surface area contributed by atoms with Crippen LogP contribution in [0.5, 0.6) is 0 Å². The second-order valence-electron chi connectivity index (χ2n) is 4.03. The van der Waals surface area contributed by atoms with Crippen molar-refractivity contribution in [3.05, 3.63) is 62.6 Å². The highest BCUT2D eigenvalue weighted by Gasteiger charge is 2.13. The van der Waals surface area contributed by atoms with Gasteiger partial charge in [-0.2, -0.15) is 0 Å². The highest BCUT2D eigenvalue weighted by Crippen LogP contribution is 2.24. The summed E-state index contributed by atoms with van der Waals surface area (Å²) < 4.78 is 0.695. The van der Waals surface area contributed by atoms with Crippen LogP contribution in [0.2, 0.25) is 5.02 Å². The Kier molecular flexibility index (Phi) is 3.73. The quantitative estimate of drug-likeness (QED) is 0.664. The summed E-state index contributed by atoms with van der Waals surface area (Å²) in [5.74, 6) is -0.0540. The van der Waals surface area contributed by atoms with E-state index in [1.165, 1.54) is 0 Å². The van der Waals surface area contributed by atoms with Gasteiger partial charge in [-0.1, -0.05) is 11.6 Å². The van der Waals surface area contributed by atoms with Crippen molar-refractivity contribution in [2.75, 3.05) is 5.73 Å². The summed E-state index contributed by atoms with van der Waals surface area (Å²) in [6.07, 6.45) is 0. The molecule has 0 heterocycles. The van der Waals surface area contributed by atoms with Crippen LogP contribution in [0.3, 0.4) is 0 Å². The van der Waals surface area contributed by atoms with Crippen molar-refractivity contribution in [1.82, 2.24) is 0 Å². The summed E-state index contributed by atoms with van der Waals surface area (Å²) in [6, 6.07) is 10.4. The maximum atomic E-state index is 12.3. The van der Waals surface area contributed by atoms with Crippen LogP contribution in [0, 0.1) is 6.92 Å². The second kappa shape index (κ2) is 5.12. The number of ketones is 1. The van der Waals surface area contributed by atoms with Crippen LogP contribution in [0.15, 0.2) is 40.9 Å². The summed E-state index contributed by atoms with van der Waals surface area (Å²) in [7, 11) is 0. The van der Waals surface area contributed by atoms with Gasteiger partial charge in [0, 0.05) is 26.3 Å². The summed E-state index contributed by atoms with van der Waals surface area (Å²) in [4.78, 5) is 12.3. The van der Waals surface area contributed by atoms with Crippen LogP contribution >= 0.6 is 27.5 Å². The van der Waals surface area contributed by atoms with E-state index < -0.39 is 0 Å². The number of halogens is 2. The van der Waals surface area contributed by atoms with Gasteiger partial charge in [0.05, 0.1) is 0 Å². The smallest absolute Gasteiger partial charge is 0.194 e. The summed E-state index contributed by atoms with van der Waals surface area (Å²) in [5, 5.41) is 0.655. The van der Waals surface area contributed by atoms with E-state index in [9.17, 15) is 4.79 Å². The normalized spacial score (nSPS) is 10.4. The molecule has 2 rings (SSSR count). The lowest BCUT2D eigenvalue weighted by atomic mass is 10.0. The van der Waals surface area contributed by atoms with Crippen LogP contribution in [0.25, 0.3) is 0 Å². The number of hydrogen-bond acceptors (Lipinski definition) is 2.